The highest BCUT2D eigenvalue weighted by atomic mass is 15.2. The van der Waals surface area contributed by atoms with Crippen molar-refractivity contribution in [3.05, 3.63) is 0 Å². The summed E-state index contributed by atoms with van der Waals surface area (Å²) in [6, 6.07) is 0. The molecule has 0 radical (unpaired) electrons. The molecule has 1 rings (SSSR count). The lowest BCUT2D eigenvalue weighted by atomic mass is 9.98. The highest BCUT2D eigenvalue weighted by molar-refractivity contribution is 4.95. The Balaban J connectivity index is 2.25. The molecule has 56 valence electrons. The largest absolute Gasteiger partial charge is 0.318 e. The van der Waals surface area contributed by atoms with Crippen molar-refractivity contribution in [1.82, 2.24) is 4.90 Å². The van der Waals surface area contributed by atoms with Gasteiger partial charge in [0.1, 0.15) is 0 Å². The Labute approximate surface area is 62.4 Å². The van der Waals surface area contributed by atoms with Crippen molar-refractivity contribution in [3.8, 4) is 12.3 Å². The Hall–Kier alpha value is -0.520. The van der Waals surface area contributed by atoms with Gasteiger partial charge in [-0.3, -0.25) is 4.90 Å². The first kappa shape index (κ1) is 7.59. The molecule has 2 heteroatoms. The maximum absolute atomic E-state index is 5.46. The first-order chi connectivity index (χ1) is 4.86. The van der Waals surface area contributed by atoms with E-state index in [-0.39, 0.29) is 0 Å². The predicted octanol–water partition coefficient (Wildman–Crippen LogP) is 0.248. The van der Waals surface area contributed by atoms with Crippen molar-refractivity contribution >= 4 is 0 Å². The summed E-state index contributed by atoms with van der Waals surface area (Å²) in [6.07, 6.45) is 7.53. The zero-order chi connectivity index (χ0) is 7.40. The number of hydrogen-bond donors (Lipinski definition) is 1. The highest BCUT2D eigenvalue weighted by Gasteiger charge is 2.15. The van der Waals surface area contributed by atoms with Crippen LogP contribution in [0.15, 0.2) is 0 Å². The number of nitrogens with two attached hydrogens (primary N) is 1. The summed E-state index contributed by atoms with van der Waals surface area (Å²) in [5.41, 5.74) is 5.46. The molecule has 10 heavy (non-hydrogen) atoms. The number of nitrogens with zero attached hydrogens (tertiary/aromatic N) is 1. The molecule has 0 aromatic carbocycles. The number of piperidine rings is 1. The molecule has 0 unspecified atom stereocenters. The third kappa shape index (κ3) is 1.73. The zero-order valence-electron chi connectivity index (χ0n) is 6.21. The van der Waals surface area contributed by atoms with Crippen molar-refractivity contribution < 1.29 is 0 Å². The normalized spacial score (nSPS) is 22.4. The molecule has 0 bridgehead atoms. The van der Waals surface area contributed by atoms with Crippen LogP contribution in [0.25, 0.3) is 0 Å². The van der Waals surface area contributed by atoms with Gasteiger partial charge in [-0.25, -0.2) is 0 Å². The summed E-state index contributed by atoms with van der Waals surface area (Å²) in [4.78, 5) is 2.23. The smallest absolute Gasteiger partial charge is 0.0455 e. The van der Waals surface area contributed by atoms with Gasteiger partial charge in [0, 0.05) is 25.7 Å². The van der Waals surface area contributed by atoms with Gasteiger partial charge in [-0.1, -0.05) is 0 Å². The molecule has 1 aliphatic rings. The summed E-state index contributed by atoms with van der Waals surface area (Å²) in [5.74, 6) is 3.28. The first-order valence-electron chi connectivity index (χ1n) is 3.75. The maximum atomic E-state index is 5.46. The van der Waals surface area contributed by atoms with Crippen LogP contribution in [-0.2, 0) is 0 Å². The van der Waals surface area contributed by atoms with Crippen LogP contribution in [0.5, 0.6) is 0 Å². The van der Waals surface area contributed by atoms with Gasteiger partial charge in [0.15, 0.2) is 0 Å². The zero-order valence-corrected chi connectivity index (χ0v) is 6.21. The summed E-state index contributed by atoms with van der Waals surface area (Å²) >= 11 is 0. The first-order valence-corrected chi connectivity index (χ1v) is 3.75. The molecule has 0 aromatic rings. The summed E-state index contributed by atoms with van der Waals surface area (Å²) in [7, 11) is 0. The van der Waals surface area contributed by atoms with Crippen molar-refractivity contribution in [2.45, 2.75) is 12.8 Å². The molecule has 2 N–H and O–H groups in total. The topological polar surface area (TPSA) is 29.3 Å². The minimum Gasteiger partial charge on any atom is -0.318 e. The van der Waals surface area contributed by atoms with Crippen LogP contribution in [0.3, 0.4) is 0 Å². The Morgan fingerprint density at radius 2 is 2.10 bits per heavy atom. The fourth-order valence-electron chi connectivity index (χ4n) is 1.28. The molecule has 1 fully saturated rings. The monoisotopic (exact) mass is 138 g/mol. The van der Waals surface area contributed by atoms with Gasteiger partial charge in [0.2, 0.25) is 0 Å². The van der Waals surface area contributed by atoms with E-state index in [1.807, 2.05) is 0 Å². The molecule has 0 atom stereocenters. The minimum atomic E-state index is 0.503. The van der Waals surface area contributed by atoms with Crippen LogP contribution in [0.2, 0.25) is 0 Å². The second-order valence-electron chi connectivity index (χ2n) is 2.74. The van der Waals surface area contributed by atoms with E-state index < -0.39 is 0 Å². The molecule has 1 aliphatic heterocycles. The molecular weight excluding hydrogens is 124 g/mol. The van der Waals surface area contributed by atoms with Crippen molar-refractivity contribution in [1.29, 1.82) is 0 Å². The molecule has 0 saturated carbocycles. The molecular formula is C8H14N2. The van der Waals surface area contributed by atoms with Crippen LogP contribution in [-0.4, -0.2) is 24.7 Å². The molecule has 1 saturated heterocycles. The van der Waals surface area contributed by atoms with E-state index >= 15 is 0 Å². The third-order valence-corrected chi connectivity index (χ3v) is 2.08. The summed E-state index contributed by atoms with van der Waals surface area (Å²) in [5, 5.41) is 0. The van der Waals surface area contributed by atoms with E-state index in [1.165, 1.54) is 0 Å². The fourth-order valence-corrected chi connectivity index (χ4v) is 1.28. The number of hydrogen-bond acceptors (Lipinski definition) is 2. The van der Waals surface area contributed by atoms with Gasteiger partial charge in [0.05, 0.1) is 0 Å². The van der Waals surface area contributed by atoms with Crippen LogP contribution in [0.4, 0.5) is 0 Å². The van der Waals surface area contributed by atoms with Crippen molar-refractivity contribution in [2.75, 3.05) is 19.8 Å². The summed E-state index contributed by atoms with van der Waals surface area (Å²) in [6.45, 7) is 2.83. The summed E-state index contributed by atoms with van der Waals surface area (Å²) < 4.78 is 0. The van der Waals surface area contributed by atoms with Gasteiger partial charge >= 0.3 is 0 Å². The van der Waals surface area contributed by atoms with Crippen molar-refractivity contribution in [2.24, 2.45) is 11.7 Å². The second-order valence-corrected chi connectivity index (χ2v) is 2.74. The molecule has 1 heterocycles. The van der Waals surface area contributed by atoms with E-state index in [4.69, 9.17) is 12.2 Å². The lowest BCUT2D eigenvalue weighted by Crippen LogP contribution is -2.37. The van der Waals surface area contributed by atoms with E-state index in [0.29, 0.717) is 12.6 Å². The lowest BCUT2D eigenvalue weighted by Gasteiger charge is -2.27. The third-order valence-electron chi connectivity index (χ3n) is 2.08. The van der Waals surface area contributed by atoms with Crippen LogP contribution in [0.1, 0.15) is 12.8 Å². The molecule has 2 nitrogen and oxygen atoms in total. The fraction of sp³-hybridized carbons (Fsp3) is 0.750. The van der Waals surface area contributed by atoms with Gasteiger partial charge < -0.3 is 5.73 Å². The van der Waals surface area contributed by atoms with Gasteiger partial charge in [0.25, 0.3) is 0 Å². The van der Waals surface area contributed by atoms with Crippen LogP contribution in [0, 0.1) is 18.3 Å². The Morgan fingerprint density at radius 3 is 2.50 bits per heavy atom. The number of rotatable bonds is 1. The number of likely N-dealkylation sites (tertiary alicyclic amines) is 1. The average Bonchev–Trinajstić information content (AvgIpc) is 2.05. The molecule has 0 amide bonds. The Kier molecular flexibility index (Phi) is 2.73. The van der Waals surface area contributed by atoms with E-state index in [0.717, 1.165) is 25.9 Å². The predicted molar refractivity (Wildman–Crippen MR) is 42.2 cm³/mol. The van der Waals surface area contributed by atoms with E-state index in [2.05, 4.69) is 10.8 Å². The SMILES string of the molecule is C#CC1CCN(CN)CC1. The van der Waals surface area contributed by atoms with Gasteiger partial charge in [-0.15, -0.1) is 12.3 Å². The average molecular weight is 138 g/mol. The maximum Gasteiger partial charge on any atom is 0.0455 e. The van der Waals surface area contributed by atoms with Gasteiger partial charge in [-0.05, 0) is 12.8 Å². The van der Waals surface area contributed by atoms with Crippen molar-refractivity contribution in [3.63, 3.8) is 0 Å². The van der Waals surface area contributed by atoms with Gasteiger partial charge in [-0.2, -0.15) is 0 Å². The quantitative estimate of drug-likeness (QED) is 0.526. The van der Waals surface area contributed by atoms with E-state index in [9.17, 15) is 0 Å². The van der Waals surface area contributed by atoms with Crippen LogP contribution < -0.4 is 5.73 Å². The second kappa shape index (κ2) is 3.60. The molecule has 0 aliphatic carbocycles. The Bertz CT molecular complexity index is 129. The van der Waals surface area contributed by atoms with E-state index in [1.54, 1.807) is 0 Å². The highest BCUT2D eigenvalue weighted by Crippen LogP contribution is 2.14. The standard InChI is InChI=1S/C8H14N2/c1-2-8-3-5-10(7-9)6-4-8/h1,8H,3-7,9H2. The minimum absolute atomic E-state index is 0.503. The molecule has 0 spiro atoms. The van der Waals surface area contributed by atoms with Crippen LogP contribution >= 0.6 is 0 Å². The Morgan fingerprint density at radius 1 is 1.50 bits per heavy atom. The number of terminal acetylenes is 1. The lowest BCUT2D eigenvalue weighted by molar-refractivity contribution is 0.212. The molecule has 0 aromatic heterocycles.